The summed E-state index contributed by atoms with van der Waals surface area (Å²) in [6, 6.07) is -16.1. The molecular formula is C84H129N25O30. The standard InChI is InChI=1S/C84H129N25O30/c1-9-39(5)65(81(138)94-33-64(122)123)109-77(134)55(30-63(120)121)103-71(128)49(17-13-23-90-83(86)87)98-67(124)41(7)96-74(131)53(27-44-31-92-48-16-12-11-15-46(44)48)101-76(133)54(29-62(118)119)102-72(129)50(18-14-24-91-84(88)89)99-79(136)59(37-113)107-78(135)57(35-111)97-60(115)32-93-70(127)56(34-110)106-80(137)58(36-112)105-68(125)42(8)95-73(130)52(26-43-19-21-45(114)22-20-43)100-75(132)51(25-38(3)4)104-82(139)66(40(6)10-2)108-69(126)47(85)28-61(116)117/h11-12,15-16,19-22,31,38-42,47,49-59,65-66,92,110-114H,9-10,13-14,17-18,23-30,32-37,85H2,1-8H3,(H,93,127)(H,94,138)(H,95,130)(H,96,131)(H,97,115)(H,98,124)(H,99,136)(H,100,132)(H,101,133)(H,102,129)(H,103,128)(H,104,139)(H,105,125)(H,106,137)(H,107,135)(H,108,126)(H,109,134)(H,116,117)(H,118,119)(H,120,121)(H,122,123)(H4,86,87,90)(H4,88,89,91)/t39-,40-,41-,42-,47-,49-,50-,51-,52-,53-,54-,55-,56-,57-,58-,59-,65-,66-/m0/s1. The van der Waals surface area contributed by atoms with Gasteiger partial charge in [-0.2, -0.15) is 0 Å². The van der Waals surface area contributed by atoms with Gasteiger partial charge in [-0.15, -0.1) is 0 Å². The molecule has 0 bridgehead atoms. The lowest BCUT2D eigenvalue weighted by Gasteiger charge is -2.29. The van der Waals surface area contributed by atoms with Gasteiger partial charge in [-0.05, 0) is 93.0 Å². The van der Waals surface area contributed by atoms with E-state index in [1.807, 2.05) is 21.3 Å². The Morgan fingerprint density at radius 3 is 1.17 bits per heavy atom. The molecule has 55 heteroatoms. The van der Waals surface area contributed by atoms with Gasteiger partial charge in [-0.3, -0.25) is 112 Å². The topological polar surface area (TPSA) is 911 Å². The number of nitrogens with one attached hydrogen (secondary N) is 22. The SMILES string of the molecule is CC[C@H](C)[C@H](NC(=O)[C@H](CC(=O)O)NC(=O)[C@H](CCCNC(=N)N)NC(=O)[C@H](C)NC(=O)[C@H](Cc1c[nH]c2ccccc12)NC(=O)[C@H](CC(=O)O)NC(=O)[C@H](CCCNC(=N)N)NC(=O)[C@H](CO)NC(=O)[C@H](CO)NC(=O)CNC(=O)[C@H](CO)NC(=O)[C@H](CO)NC(=O)[C@H](C)NC(=O)[C@H](Cc1ccc(O)cc1)NC(=O)[C@H](CC(C)C)NC(=O)[C@@H](NC(=O)[C@@H](N)CC(=O)O)[C@@H](C)CC)C(=O)NCC(=O)O. The molecule has 0 saturated heterocycles. The molecule has 3 rings (SSSR count). The van der Waals surface area contributed by atoms with E-state index in [4.69, 9.17) is 33.1 Å². The Morgan fingerprint density at radius 2 is 0.727 bits per heavy atom. The molecule has 0 fully saturated rings. The number of fused-ring (bicyclic) bond motifs is 1. The smallest absolute Gasteiger partial charge is 0.322 e. The molecule has 1 heterocycles. The first-order valence-corrected chi connectivity index (χ1v) is 44.1. The summed E-state index contributed by atoms with van der Waals surface area (Å²) in [4.78, 5) is 286. The van der Waals surface area contributed by atoms with Gasteiger partial charge in [0.2, 0.25) is 100 Å². The molecule has 17 amide bonds. The number of aromatic hydroxyl groups is 1. The average Bonchev–Trinajstić information content (AvgIpc) is 1.68. The number of phenolic OH excluding ortho intramolecular Hbond substituents is 1. The van der Waals surface area contributed by atoms with Crippen LogP contribution in [0, 0.1) is 28.6 Å². The van der Waals surface area contributed by atoms with Crippen LogP contribution >= 0.6 is 0 Å². The molecule has 0 radical (unpaired) electrons. The van der Waals surface area contributed by atoms with Gasteiger partial charge in [-0.25, -0.2) is 0 Å². The molecule has 2 aromatic carbocycles. The summed E-state index contributed by atoms with van der Waals surface area (Å²) in [6.45, 7) is 4.93. The number of hydrogen-bond donors (Lipinski definition) is 34. The van der Waals surface area contributed by atoms with Gasteiger partial charge < -0.3 is 169 Å². The van der Waals surface area contributed by atoms with E-state index in [-0.39, 0.29) is 63.3 Å². The van der Waals surface area contributed by atoms with Crippen molar-refractivity contribution in [3.05, 3.63) is 65.9 Å². The van der Waals surface area contributed by atoms with E-state index >= 15 is 0 Å². The van der Waals surface area contributed by atoms with Crippen molar-refractivity contribution in [2.75, 3.05) is 52.6 Å². The number of amides is 17. The van der Waals surface area contributed by atoms with Gasteiger partial charge >= 0.3 is 23.9 Å². The van der Waals surface area contributed by atoms with Gasteiger partial charge in [0.05, 0.1) is 58.3 Å². The highest BCUT2D eigenvalue weighted by atomic mass is 16.4. The fourth-order valence-corrected chi connectivity index (χ4v) is 13.2. The number of carbonyl (C=O) groups excluding carboxylic acids is 17. The molecule has 18 atom stereocenters. The monoisotopic (exact) mass is 1970 g/mol. The number of H-pyrrole nitrogens is 1. The maximum absolute atomic E-state index is 14.6. The number of hydrogen-bond acceptors (Lipinski definition) is 29. The summed E-state index contributed by atoms with van der Waals surface area (Å²) in [5, 5.41) is 149. The number of nitrogens with two attached hydrogens (primary N) is 3. The maximum Gasteiger partial charge on any atom is 0.322 e. The van der Waals surface area contributed by atoms with Crippen LogP contribution in [0.15, 0.2) is 54.7 Å². The number of carboxylic acids is 4. The number of guanidine groups is 2. The van der Waals surface area contributed by atoms with Crippen LogP contribution < -0.4 is 118 Å². The normalized spacial score (nSPS) is 14.9. The third-order valence-electron chi connectivity index (χ3n) is 21.3. The van der Waals surface area contributed by atoms with Crippen molar-refractivity contribution in [3.63, 3.8) is 0 Å². The van der Waals surface area contributed by atoms with Crippen molar-refractivity contribution < 1.29 is 147 Å². The van der Waals surface area contributed by atoms with Crippen molar-refractivity contribution >= 4 is 147 Å². The molecule has 3 aromatic rings. The van der Waals surface area contributed by atoms with Crippen molar-refractivity contribution in [3.8, 4) is 5.75 Å². The first-order valence-electron chi connectivity index (χ1n) is 44.1. The summed E-state index contributed by atoms with van der Waals surface area (Å²) >= 11 is 0. The Kier molecular flexibility index (Phi) is 50.8. The predicted molar refractivity (Wildman–Crippen MR) is 488 cm³/mol. The van der Waals surface area contributed by atoms with Gasteiger partial charge in [0.15, 0.2) is 11.9 Å². The Labute approximate surface area is 795 Å². The number of carboxylic acid groups (broad SMARTS) is 4. The van der Waals surface area contributed by atoms with Crippen LogP contribution in [0.2, 0.25) is 0 Å². The third kappa shape index (κ3) is 42.0. The lowest BCUT2D eigenvalue weighted by molar-refractivity contribution is -0.142. The molecule has 0 aliphatic carbocycles. The number of aliphatic hydroxyl groups excluding tert-OH is 4. The lowest BCUT2D eigenvalue weighted by Crippen LogP contribution is -2.61. The maximum atomic E-state index is 14.6. The van der Waals surface area contributed by atoms with E-state index in [2.05, 4.69) is 84.7 Å². The molecule has 0 aliphatic heterocycles. The summed E-state index contributed by atoms with van der Waals surface area (Å²) in [6.07, 6.45) is -2.94. The molecular weight excluding hydrogens is 1840 g/mol. The molecule has 770 valence electrons. The largest absolute Gasteiger partial charge is 0.508 e. The second kappa shape index (κ2) is 59.8. The van der Waals surface area contributed by atoms with Crippen molar-refractivity contribution in [2.45, 2.75) is 229 Å². The number of aromatic nitrogens is 1. The first kappa shape index (κ1) is 118. The zero-order valence-electron chi connectivity index (χ0n) is 77.6. The number of phenols is 1. The van der Waals surface area contributed by atoms with Gasteiger partial charge in [0, 0.05) is 43.0 Å². The molecule has 0 aliphatic rings. The summed E-state index contributed by atoms with van der Waals surface area (Å²) < 4.78 is 0. The average molecular weight is 1970 g/mol. The van der Waals surface area contributed by atoms with Crippen molar-refractivity contribution in [1.82, 2.24) is 106 Å². The first-order chi connectivity index (χ1) is 65.4. The van der Waals surface area contributed by atoms with E-state index in [1.54, 1.807) is 58.9 Å². The zero-order valence-corrected chi connectivity index (χ0v) is 77.6. The molecule has 0 unspecified atom stereocenters. The molecule has 0 saturated carbocycles. The number of aliphatic hydroxyl groups is 4. The Morgan fingerprint density at radius 1 is 0.367 bits per heavy atom. The number of aromatic amines is 1. The number of para-hydroxylation sites is 1. The highest BCUT2D eigenvalue weighted by Crippen LogP contribution is 2.21. The Hall–Kier alpha value is -15.0. The van der Waals surface area contributed by atoms with Crippen LogP contribution in [0.4, 0.5) is 0 Å². The Bertz CT molecular complexity index is 4810. The van der Waals surface area contributed by atoms with Gasteiger partial charge in [0.25, 0.3) is 0 Å². The zero-order chi connectivity index (χ0) is 105. The van der Waals surface area contributed by atoms with Gasteiger partial charge in [-0.1, -0.05) is 84.7 Å². The van der Waals surface area contributed by atoms with E-state index in [1.165, 1.54) is 37.4 Å². The number of benzene rings is 2. The van der Waals surface area contributed by atoms with E-state index in [0.717, 1.165) is 13.8 Å². The quantitative estimate of drug-likeness (QED) is 0.0142. The highest BCUT2D eigenvalue weighted by molar-refractivity contribution is 6.03. The second-order valence-corrected chi connectivity index (χ2v) is 32.9. The van der Waals surface area contributed by atoms with Crippen LogP contribution in [-0.2, 0) is 114 Å². The van der Waals surface area contributed by atoms with E-state index in [9.17, 15) is 142 Å². The second-order valence-electron chi connectivity index (χ2n) is 32.9. The third-order valence-corrected chi connectivity index (χ3v) is 21.3. The minimum Gasteiger partial charge on any atom is -0.508 e. The number of aliphatic carboxylic acids is 4. The van der Waals surface area contributed by atoms with Crippen LogP contribution in [0.5, 0.6) is 5.75 Å². The molecule has 37 N–H and O–H groups in total. The van der Waals surface area contributed by atoms with Crippen LogP contribution in [0.1, 0.15) is 131 Å². The Balaban J connectivity index is 1.83. The van der Waals surface area contributed by atoms with Crippen molar-refractivity contribution in [2.24, 2.45) is 35.0 Å². The predicted octanol–water partition coefficient (Wildman–Crippen LogP) is -11.3. The minimum atomic E-state index is -2.17. The van der Waals surface area contributed by atoms with E-state index < -0.39 is 316 Å². The fraction of sp³-hybridized carbons (Fsp3) is 0.560. The van der Waals surface area contributed by atoms with Gasteiger partial charge in [0.1, 0.15) is 103 Å². The number of rotatable bonds is 63. The van der Waals surface area contributed by atoms with Crippen LogP contribution in [0.3, 0.4) is 0 Å². The highest BCUT2D eigenvalue weighted by Gasteiger charge is 2.40. The van der Waals surface area contributed by atoms with Crippen LogP contribution in [-0.4, -0.2) is 336 Å². The molecule has 55 nitrogen and oxygen atoms in total. The molecule has 139 heavy (non-hydrogen) atoms. The molecule has 0 spiro atoms. The fourth-order valence-electron chi connectivity index (χ4n) is 13.2. The summed E-state index contributed by atoms with van der Waals surface area (Å²) in [5.41, 5.74) is 17.8. The number of carbonyl (C=O) groups is 21. The van der Waals surface area contributed by atoms with Crippen LogP contribution in [0.25, 0.3) is 10.9 Å². The van der Waals surface area contributed by atoms with Crippen molar-refractivity contribution in [1.29, 1.82) is 10.8 Å². The minimum absolute atomic E-state index is 0.0386. The lowest BCUT2D eigenvalue weighted by atomic mass is 9.96. The summed E-state index contributed by atoms with van der Waals surface area (Å²) in [5.74, 6) is -29.0. The summed E-state index contributed by atoms with van der Waals surface area (Å²) in [7, 11) is 0. The van der Waals surface area contributed by atoms with E-state index in [0.29, 0.717) is 28.5 Å². The molecule has 1 aromatic heterocycles.